The number of rotatable bonds is 5. The molecule has 0 aliphatic carbocycles. The summed E-state index contributed by atoms with van der Waals surface area (Å²) in [7, 11) is 0. The number of anilines is 1. The summed E-state index contributed by atoms with van der Waals surface area (Å²) >= 11 is 0. The van der Waals surface area contributed by atoms with Gasteiger partial charge in [-0.3, -0.25) is 9.59 Å². The van der Waals surface area contributed by atoms with E-state index in [1.807, 2.05) is 0 Å². The monoisotopic (exact) mass is 364 g/mol. The third-order valence-corrected chi connectivity index (χ3v) is 3.99. The third kappa shape index (κ3) is 4.14. The molecule has 2 aromatic rings. The Morgan fingerprint density at radius 2 is 1.96 bits per heavy atom. The molecule has 0 aromatic heterocycles. The van der Waals surface area contributed by atoms with Crippen LogP contribution in [0.5, 0.6) is 5.75 Å². The highest BCUT2D eigenvalue weighted by Crippen LogP contribution is 2.32. The number of benzene rings is 2. The molecule has 2 aromatic carbocycles. The van der Waals surface area contributed by atoms with Gasteiger partial charge in [-0.25, -0.2) is 4.39 Å². The van der Waals surface area contributed by atoms with Crippen molar-refractivity contribution in [2.24, 2.45) is 0 Å². The normalized spacial score (nSPS) is 16.0. The van der Waals surface area contributed by atoms with Gasteiger partial charge in [0.15, 0.2) is 0 Å². The van der Waals surface area contributed by atoms with E-state index < -0.39 is 18.3 Å². The number of carbonyl (C=O) groups is 2. The highest BCUT2D eigenvalue weighted by Gasteiger charge is 2.30. The minimum Gasteiger partial charge on any atom is -0.435 e. The lowest BCUT2D eigenvalue weighted by atomic mass is 9.89. The molecule has 5 nitrogen and oxygen atoms in total. The van der Waals surface area contributed by atoms with Gasteiger partial charge in [0.1, 0.15) is 11.6 Å². The number of amides is 2. The molecule has 1 unspecified atom stereocenters. The molecule has 2 amide bonds. The second-order valence-corrected chi connectivity index (χ2v) is 5.78. The summed E-state index contributed by atoms with van der Waals surface area (Å²) in [5.41, 5.74) is 1.51. The number of carbonyl (C=O) groups excluding carboxylic acids is 2. The number of halogens is 3. The summed E-state index contributed by atoms with van der Waals surface area (Å²) in [6.45, 7) is -2.74. The van der Waals surface area contributed by atoms with Gasteiger partial charge in [0, 0.05) is 18.7 Å². The van der Waals surface area contributed by atoms with E-state index in [-0.39, 0.29) is 36.2 Å². The van der Waals surface area contributed by atoms with Crippen LogP contribution in [0.15, 0.2) is 42.5 Å². The Bertz CT molecular complexity index is 825. The Kier molecular flexibility index (Phi) is 5.11. The number of nitrogens with one attached hydrogen (secondary N) is 2. The molecule has 136 valence electrons. The molecule has 0 radical (unpaired) electrons. The van der Waals surface area contributed by atoms with Gasteiger partial charge < -0.3 is 15.4 Å². The Hall–Kier alpha value is -3.03. The van der Waals surface area contributed by atoms with Crippen molar-refractivity contribution in [2.45, 2.75) is 25.5 Å². The second kappa shape index (κ2) is 7.47. The van der Waals surface area contributed by atoms with Crippen molar-refractivity contribution in [3.63, 3.8) is 0 Å². The summed E-state index contributed by atoms with van der Waals surface area (Å²) in [5, 5.41) is 5.25. The molecule has 0 spiro atoms. The van der Waals surface area contributed by atoms with Gasteiger partial charge in [-0.2, -0.15) is 8.78 Å². The lowest BCUT2D eigenvalue weighted by molar-refractivity contribution is -0.126. The molecular formula is C18H15F3N2O3. The van der Waals surface area contributed by atoms with Crippen LogP contribution in [0.25, 0.3) is 0 Å². The van der Waals surface area contributed by atoms with Crippen molar-refractivity contribution in [3.05, 3.63) is 59.4 Å². The van der Waals surface area contributed by atoms with Crippen LogP contribution < -0.4 is 15.4 Å². The first-order chi connectivity index (χ1) is 12.4. The van der Waals surface area contributed by atoms with E-state index in [1.165, 1.54) is 30.3 Å². The standard InChI is InChI=1S/C18H15F3N2O3/c19-11-3-6-13-14(8-16(24)23-15(13)7-11)17(25)22-9-10-1-4-12(5-2-10)26-18(20)21/h1-7,14,18H,8-9H2,(H,22,25)(H,23,24). The number of hydrogen-bond donors (Lipinski definition) is 2. The van der Waals surface area contributed by atoms with Gasteiger partial charge in [0.05, 0.1) is 5.92 Å². The molecule has 3 rings (SSSR count). The average Bonchev–Trinajstić information content (AvgIpc) is 2.59. The molecule has 1 aliphatic rings. The van der Waals surface area contributed by atoms with Crippen LogP contribution in [0, 0.1) is 5.82 Å². The molecule has 2 N–H and O–H groups in total. The zero-order valence-electron chi connectivity index (χ0n) is 13.5. The fourth-order valence-electron chi connectivity index (χ4n) is 2.77. The van der Waals surface area contributed by atoms with Crippen LogP contribution >= 0.6 is 0 Å². The molecule has 0 saturated carbocycles. The van der Waals surface area contributed by atoms with Crippen LogP contribution in [0.3, 0.4) is 0 Å². The van der Waals surface area contributed by atoms with E-state index in [0.29, 0.717) is 11.1 Å². The SMILES string of the molecule is O=C1CC(C(=O)NCc2ccc(OC(F)F)cc2)c2ccc(F)cc2N1. The zero-order chi connectivity index (χ0) is 18.7. The quantitative estimate of drug-likeness (QED) is 0.856. The number of ether oxygens (including phenoxy) is 1. The third-order valence-electron chi connectivity index (χ3n) is 3.99. The van der Waals surface area contributed by atoms with Crippen molar-refractivity contribution in [3.8, 4) is 5.75 Å². The van der Waals surface area contributed by atoms with E-state index in [1.54, 1.807) is 12.1 Å². The van der Waals surface area contributed by atoms with Crippen molar-refractivity contribution in [2.75, 3.05) is 5.32 Å². The van der Waals surface area contributed by atoms with E-state index in [4.69, 9.17) is 0 Å². The predicted octanol–water partition coefficient (Wildman–Crippen LogP) is 3.17. The van der Waals surface area contributed by atoms with Gasteiger partial charge in [0.25, 0.3) is 0 Å². The largest absolute Gasteiger partial charge is 0.435 e. The smallest absolute Gasteiger partial charge is 0.387 e. The molecule has 8 heteroatoms. The summed E-state index contributed by atoms with van der Waals surface area (Å²) in [6.07, 6.45) is -0.0361. The summed E-state index contributed by atoms with van der Waals surface area (Å²) in [4.78, 5) is 24.2. The number of fused-ring (bicyclic) bond motifs is 1. The highest BCUT2D eigenvalue weighted by atomic mass is 19.3. The fraction of sp³-hybridized carbons (Fsp3) is 0.222. The van der Waals surface area contributed by atoms with E-state index in [9.17, 15) is 22.8 Å². The van der Waals surface area contributed by atoms with Gasteiger partial charge in [-0.1, -0.05) is 18.2 Å². The predicted molar refractivity (Wildman–Crippen MR) is 87.3 cm³/mol. The topological polar surface area (TPSA) is 67.4 Å². The Balaban J connectivity index is 1.66. The van der Waals surface area contributed by atoms with Gasteiger partial charge in [-0.05, 0) is 35.4 Å². The molecule has 26 heavy (non-hydrogen) atoms. The van der Waals surface area contributed by atoms with Crippen molar-refractivity contribution in [1.82, 2.24) is 5.32 Å². The molecule has 1 heterocycles. The Morgan fingerprint density at radius 1 is 1.23 bits per heavy atom. The Morgan fingerprint density at radius 3 is 2.65 bits per heavy atom. The van der Waals surface area contributed by atoms with E-state index >= 15 is 0 Å². The maximum atomic E-state index is 13.3. The number of hydrogen-bond acceptors (Lipinski definition) is 3. The van der Waals surface area contributed by atoms with E-state index in [0.717, 1.165) is 0 Å². The fourth-order valence-corrected chi connectivity index (χ4v) is 2.77. The van der Waals surface area contributed by atoms with Crippen LogP contribution in [0.4, 0.5) is 18.9 Å². The lowest BCUT2D eigenvalue weighted by Gasteiger charge is -2.25. The van der Waals surface area contributed by atoms with Crippen LogP contribution in [0.1, 0.15) is 23.5 Å². The van der Waals surface area contributed by atoms with Crippen LogP contribution in [-0.4, -0.2) is 18.4 Å². The molecule has 0 bridgehead atoms. The minimum absolute atomic E-state index is 0.0231. The zero-order valence-corrected chi connectivity index (χ0v) is 13.5. The first kappa shape index (κ1) is 17.8. The van der Waals surface area contributed by atoms with Crippen molar-refractivity contribution < 1.29 is 27.5 Å². The first-order valence-corrected chi connectivity index (χ1v) is 7.83. The van der Waals surface area contributed by atoms with Gasteiger partial charge in [0.2, 0.25) is 11.8 Å². The molecule has 1 atom stereocenters. The van der Waals surface area contributed by atoms with Gasteiger partial charge >= 0.3 is 6.61 Å². The molecule has 1 aliphatic heterocycles. The summed E-state index contributed by atoms with van der Waals surface area (Å²) in [6, 6.07) is 9.74. The highest BCUT2D eigenvalue weighted by molar-refractivity contribution is 6.01. The average molecular weight is 364 g/mol. The van der Waals surface area contributed by atoms with Crippen molar-refractivity contribution in [1.29, 1.82) is 0 Å². The molecular weight excluding hydrogens is 349 g/mol. The van der Waals surface area contributed by atoms with Gasteiger partial charge in [-0.15, -0.1) is 0 Å². The number of alkyl halides is 2. The Labute approximate surface area is 147 Å². The maximum Gasteiger partial charge on any atom is 0.387 e. The van der Waals surface area contributed by atoms with Crippen LogP contribution in [-0.2, 0) is 16.1 Å². The van der Waals surface area contributed by atoms with Crippen LogP contribution in [0.2, 0.25) is 0 Å². The summed E-state index contributed by atoms with van der Waals surface area (Å²) < 4.78 is 41.8. The van der Waals surface area contributed by atoms with Crippen molar-refractivity contribution >= 4 is 17.5 Å². The maximum absolute atomic E-state index is 13.3. The lowest BCUT2D eigenvalue weighted by Crippen LogP contribution is -2.34. The van der Waals surface area contributed by atoms with E-state index in [2.05, 4.69) is 15.4 Å². The molecule has 0 fully saturated rings. The summed E-state index contributed by atoms with van der Waals surface area (Å²) in [5.74, 6) is -1.94. The second-order valence-electron chi connectivity index (χ2n) is 5.78. The minimum atomic E-state index is -2.90. The first-order valence-electron chi connectivity index (χ1n) is 7.83. The molecule has 0 saturated heterocycles.